The second kappa shape index (κ2) is 6.97. The number of hydrogen-bond acceptors (Lipinski definition) is 8. The Labute approximate surface area is 152 Å². The predicted molar refractivity (Wildman–Crippen MR) is 88.0 cm³/mol. The third kappa shape index (κ3) is 3.89. The second-order valence-corrected chi connectivity index (χ2v) is 8.13. The van der Waals surface area contributed by atoms with Crippen LogP contribution in [0.2, 0.25) is 0 Å². The van der Waals surface area contributed by atoms with Crippen molar-refractivity contribution < 1.29 is 39.4 Å². The minimum atomic E-state index is -1.81. The number of amides is 1. The molecule has 2 aliphatic heterocycles. The molecule has 0 radical (unpaired) electrons. The van der Waals surface area contributed by atoms with Crippen LogP contribution in [-0.4, -0.2) is 87.0 Å². The first-order valence-electron chi connectivity index (χ1n) is 9.07. The Morgan fingerprint density at radius 2 is 1.85 bits per heavy atom. The van der Waals surface area contributed by atoms with Gasteiger partial charge in [-0.3, -0.25) is 4.79 Å². The van der Waals surface area contributed by atoms with Crippen molar-refractivity contribution in [2.24, 2.45) is 0 Å². The molecule has 0 unspecified atom stereocenters. The molecule has 8 atom stereocenters. The largest absolute Gasteiger partial charge is 0.390 e. The molecule has 3 rings (SSSR count). The summed E-state index contributed by atoms with van der Waals surface area (Å²) in [6.07, 6.45) is -5.14. The maximum Gasteiger partial charge on any atom is 0.252 e. The minimum Gasteiger partial charge on any atom is -0.390 e. The van der Waals surface area contributed by atoms with Gasteiger partial charge in [0.1, 0.15) is 23.9 Å². The standard InChI is InChI=1S/C17H29NO8/c1-8-4-9(19)13(21)12(24-8)7-18-15(22)17(23)5-10(20)14-11(6-17)25-16(2,3)26-14/h8-14,19-21,23H,4-7H2,1-3H3,(H,18,22)/t8-,9-,10+,11+,12+,13+,14-,17+/m0/s1. The van der Waals surface area contributed by atoms with Crippen LogP contribution in [0.15, 0.2) is 0 Å². The molecule has 5 N–H and O–H groups in total. The third-order valence-electron chi connectivity index (χ3n) is 5.33. The van der Waals surface area contributed by atoms with Crippen LogP contribution >= 0.6 is 0 Å². The van der Waals surface area contributed by atoms with E-state index in [1.807, 2.05) is 0 Å². The lowest BCUT2D eigenvalue weighted by molar-refractivity contribution is -0.170. The number of ether oxygens (including phenoxy) is 3. The maximum atomic E-state index is 12.6. The first-order valence-corrected chi connectivity index (χ1v) is 9.07. The van der Waals surface area contributed by atoms with Gasteiger partial charge in [-0.25, -0.2) is 0 Å². The van der Waals surface area contributed by atoms with Crippen LogP contribution in [-0.2, 0) is 19.0 Å². The van der Waals surface area contributed by atoms with E-state index in [0.29, 0.717) is 6.42 Å². The first kappa shape index (κ1) is 19.9. The quantitative estimate of drug-likeness (QED) is 0.398. The highest BCUT2D eigenvalue weighted by atomic mass is 16.8. The van der Waals surface area contributed by atoms with Crippen molar-refractivity contribution in [3.63, 3.8) is 0 Å². The molecule has 26 heavy (non-hydrogen) atoms. The molecule has 3 fully saturated rings. The van der Waals surface area contributed by atoms with Gasteiger partial charge in [0, 0.05) is 25.8 Å². The van der Waals surface area contributed by atoms with Gasteiger partial charge in [0.05, 0.1) is 24.4 Å². The Morgan fingerprint density at radius 3 is 2.54 bits per heavy atom. The molecule has 9 nitrogen and oxygen atoms in total. The highest BCUT2D eigenvalue weighted by Crippen LogP contribution is 2.41. The number of rotatable bonds is 3. The summed E-state index contributed by atoms with van der Waals surface area (Å²) < 4.78 is 16.9. The summed E-state index contributed by atoms with van der Waals surface area (Å²) in [5.74, 6) is -1.56. The van der Waals surface area contributed by atoms with E-state index in [2.05, 4.69) is 5.32 Å². The van der Waals surface area contributed by atoms with Crippen LogP contribution in [0, 0.1) is 0 Å². The Bertz CT molecular complexity index is 543. The number of carbonyl (C=O) groups is 1. The maximum absolute atomic E-state index is 12.6. The van der Waals surface area contributed by atoms with E-state index < -0.39 is 53.9 Å². The molecule has 2 heterocycles. The highest BCUT2D eigenvalue weighted by molar-refractivity contribution is 5.85. The topological polar surface area (TPSA) is 138 Å². The molecular formula is C17H29NO8. The molecule has 0 aromatic carbocycles. The van der Waals surface area contributed by atoms with E-state index in [0.717, 1.165) is 0 Å². The molecule has 2 saturated heterocycles. The van der Waals surface area contributed by atoms with Crippen LogP contribution in [0.4, 0.5) is 0 Å². The van der Waals surface area contributed by atoms with Crippen molar-refractivity contribution in [2.75, 3.05) is 6.54 Å². The summed E-state index contributed by atoms with van der Waals surface area (Å²) in [6, 6.07) is 0. The van der Waals surface area contributed by atoms with Gasteiger partial charge in [0.2, 0.25) is 0 Å². The smallest absolute Gasteiger partial charge is 0.252 e. The van der Waals surface area contributed by atoms with E-state index in [1.165, 1.54) is 0 Å². The van der Waals surface area contributed by atoms with Crippen molar-refractivity contribution in [1.82, 2.24) is 5.32 Å². The summed E-state index contributed by atoms with van der Waals surface area (Å²) in [7, 11) is 0. The molecule has 9 heteroatoms. The second-order valence-electron chi connectivity index (χ2n) is 8.13. The lowest BCUT2D eigenvalue weighted by Crippen LogP contribution is -2.60. The fourth-order valence-electron chi connectivity index (χ4n) is 4.10. The van der Waals surface area contributed by atoms with Gasteiger partial charge >= 0.3 is 0 Å². The normalized spacial score (nSPS) is 48.0. The summed E-state index contributed by atoms with van der Waals surface area (Å²) >= 11 is 0. The van der Waals surface area contributed by atoms with E-state index in [9.17, 15) is 25.2 Å². The van der Waals surface area contributed by atoms with Gasteiger partial charge in [-0.05, 0) is 20.8 Å². The molecule has 1 amide bonds. The zero-order chi connectivity index (χ0) is 19.3. The number of aliphatic hydroxyl groups is 4. The Morgan fingerprint density at radius 1 is 1.15 bits per heavy atom. The van der Waals surface area contributed by atoms with E-state index in [4.69, 9.17) is 14.2 Å². The highest BCUT2D eigenvalue weighted by Gasteiger charge is 2.56. The number of hydrogen-bond donors (Lipinski definition) is 5. The number of nitrogens with one attached hydrogen (secondary N) is 1. The van der Waals surface area contributed by atoms with Crippen molar-refractivity contribution in [1.29, 1.82) is 0 Å². The lowest BCUT2D eigenvalue weighted by Gasteiger charge is -2.40. The SMILES string of the molecule is C[C@H]1C[C@H](O)[C@@H](O)[C@@H](CNC(=O)[C@@]2(O)C[C@@H](O)[C@@H]3OC(C)(C)O[C@@H]3C2)O1. The summed E-state index contributed by atoms with van der Waals surface area (Å²) in [5, 5.41) is 43.4. The van der Waals surface area contributed by atoms with Crippen LogP contribution in [0.3, 0.4) is 0 Å². The van der Waals surface area contributed by atoms with Crippen molar-refractivity contribution in [2.45, 2.75) is 94.1 Å². The molecule has 0 bridgehead atoms. The van der Waals surface area contributed by atoms with E-state index >= 15 is 0 Å². The molecule has 1 aliphatic carbocycles. The van der Waals surface area contributed by atoms with Gasteiger partial charge in [-0.15, -0.1) is 0 Å². The van der Waals surface area contributed by atoms with Crippen LogP contribution in [0.25, 0.3) is 0 Å². The van der Waals surface area contributed by atoms with Gasteiger partial charge < -0.3 is 40.0 Å². The van der Waals surface area contributed by atoms with Gasteiger partial charge in [0.15, 0.2) is 5.79 Å². The van der Waals surface area contributed by atoms with Gasteiger partial charge in [-0.1, -0.05) is 0 Å². The third-order valence-corrected chi connectivity index (χ3v) is 5.33. The summed E-state index contributed by atoms with van der Waals surface area (Å²) in [4.78, 5) is 12.6. The van der Waals surface area contributed by atoms with Crippen molar-refractivity contribution >= 4 is 5.91 Å². The average molecular weight is 375 g/mol. The predicted octanol–water partition coefficient (Wildman–Crippen LogP) is -1.59. The van der Waals surface area contributed by atoms with Crippen molar-refractivity contribution in [3.8, 4) is 0 Å². The van der Waals surface area contributed by atoms with E-state index in [1.54, 1.807) is 20.8 Å². The number of aliphatic hydroxyl groups excluding tert-OH is 3. The van der Waals surface area contributed by atoms with E-state index in [-0.39, 0.29) is 25.5 Å². The molecule has 3 aliphatic rings. The van der Waals surface area contributed by atoms with Crippen LogP contribution in [0.1, 0.15) is 40.0 Å². The zero-order valence-corrected chi connectivity index (χ0v) is 15.3. The lowest BCUT2D eigenvalue weighted by atomic mass is 9.79. The molecule has 0 aromatic rings. The zero-order valence-electron chi connectivity index (χ0n) is 15.3. The molecule has 1 saturated carbocycles. The molecule has 0 spiro atoms. The first-order chi connectivity index (χ1) is 12.0. The Hall–Kier alpha value is -0.810. The van der Waals surface area contributed by atoms with Crippen LogP contribution < -0.4 is 5.32 Å². The van der Waals surface area contributed by atoms with Gasteiger partial charge in [-0.2, -0.15) is 0 Å². The summed E-state index contributed by atoms with van der Waals surface area (Å²) in [6.45, 7) is 5.14. The molecular weight excluding hydrogens is 346 g/mol. The number of carbonyl (C=O) groups excluding carboxylic acids is 1. The van der Waals surface area contributed by atoms with Crippen LogP contribution in [0.5, 0.6) is 0 Å². The molecule has 150 valence electrons. The fourth-order valence-corrected chi connectivity index (χ4v) is 4.10. The van der Waals surface area contributed by atoms with Crippen molar-refractivity contribution in [3.05, 3.63) is 0 Å². The monoisotopic (exact) mass is 375 g/mol. The minimum absolute atomic E-state index is 0.00288. The Kier molecular flexibility index (Phi) is 5.35. The van der Waals surface area contributed by atoms with Gasteiger partial charge in [0.25, 0.3) is 5.91 Å². The fraction of sp³-hybridized carbons (Fsp3) is 0.941. The molecule has 0 aromatic heterocycles. The number of fused-ring (bicyclic) bond motifs is 1. The summed E-state index contributed by atoms with van der Waals surface area (Å²) in [5.41, 5.74) is -1.81. The average Bonchev–Trinajstić information content (AvgIpc) is 2.83. The Balaban J connectivity index is 1.60.